The molecule has 3 aromatic carbocycles. The van der Waals surface area contributed by atoms with Gasteiger partial charge < -0.3 is 10.1 Å². The molecule has 1 saturated carbocycles. The SMILES string of the molecule is O=S(=O)(CCCOc1ccc2c(c1)C(C1(c3ccc(Cl)cc3)CCC1)NCC2)Cc1ccccc1. The molecule has 6 heteroatoms. The molecule has 1 fully saturated rings. The summed E-state index contributed by atoms with van der Waals surface area (Å²) in [4.78, 5) is 0. The summed E-state index contributed by atoms with van der Waals surface area (Å²) < 4.78 is 31.0. The number of halogens is 1. The molecule has 0 saturated heterocycles. The van der Waals surface area contributed by atoms with E-state index >= 15 is 0 Å². The first-order valence-corrected chi connectivity index (χ1v) is 14.6. The molecular weight excluding hydrogens is 478 g/mol. The standard InChI is InChI=1S/C29H32ClNO3S/c30-25-11-9-24(10-12-25)29(15-4-16-29)28-27-20-26(13-8-23(27)14-17-31-28)34-18-5-19-35(32,33)21-22-6-2-1-3-7-22/h1-3,6-13,20,28,31H,4-5,14-19,21H2. The van der Waals surface area contributed by atoms with Gasteiger partial charge in [-0.15, -0.1) is 0 Å². The quantitative estimate of drug-likeness (QED) is 0.358. The number of nitrogens with one attached hydrogen (secondary N) is 1. The van der Waals surface area contributed by atoms with Gasteiger partial charge in [-0.05, 0) is 78.7 Å². The van der Waals surface area contributed by atoms with Gasteiger partial charge in [-0.25, -0.2) is 8.42 Å². The molecule has 4 nitrogen and oxygen atoms in total. The Labute approximate surface area is 213 Å². The van der Waals surface area contributed by atoms with Crippen molar-refractivity contribution in [2.24, 2.45) is 0 Å². The molecule has 0 spiro atoms. The van der Waals surface area contributed by atoms with Crippen LogP contribution in [0.5, 0.6) is 5.75 Å². The smallest absolute Gasteiger partial charge is 0.154 e. The van der Waals surface area contributed by atoms with Crippen LogP contribution in [0.25, 0.3) is 0 Å². The van der Waals surface area contributed by atoms with Crippen molar-refractivity contribution < 1.29 is 13.2 Å². The summed E-state index contributed by atoms with van der Waals surface area (Å²) >= 11 is 6.17. The molecule has 0 bridgehead atoms. The van der Waals surface area contributed by atoms with Gasteiger partial charge >= 0.3 is 0 Å². The average Bonchev–Trinajstić information content (AvgIpc) is 2.83. The van der Waals surface area contributed by atoms with Gasteiger partial charge in [-0.2, -0.15) is 0 Å². The van der Waals surface area contributed by atoms with Crippen molar-refractivity contribution in [3.8, 4) is 5.75 Å². The van der Waals surface area contributed by atoms with Gasteiger partial charge in [0.25, 0.3) is 0 Å². The van der Waals surface area contributed by atoms with Gasteiger partial charge in [0.05, 0.1) is 18.1 Å². The van der Waals surface area contributed by atoms with Crippen LogP contribution < -0.4 is 10.1 Å². The van der Waals surface area contributed by atoms with Crippen molar-refractivity contribution in [1.82, 2.24) is 5.32 Å². The number of hydrogen-bond acceptors (Lipinski definition) is 4. The summed E-state index contributed by atoms with van der Waals surface area (Å²) in [7, 11) is -3.16. The predicted octanol–water partition coefficient (Wildman–Crippen LogP) is 6.03. The van der Waals surface area contributed by atoms with Crippen LogP contribution in [0.15, 0.2) is 72.8 Å². The zero-order valence-corrected chi connectivity index (χ0v) is 21.5. The van der Waals surface area contributed by atoms with E-state index in [1.807, 2.05) is 48.5 Å². The van der Waals surface area contributed by atoms with Crippen LogP contribution in [0.3, 0.4) is 0 Å². The molecule has 0 amide bonds. The molecule has 184 valence electrons. The first-order chi connectivity index (χ1) is 17.0. The van der Waals surface area contributed by atoms with E-state index in [9.17, 15) is 8.42 Å². The fourth-order valence-corrected chi connectivity index (χ4v) is 7.09. The average molecular weight is 510 g/mol. The summed E-state index contributed by atoms with van der Waals surface area (Å²) in [5.74, 6) is 1.01. The van der Waals surface area contributed by atoms with Gasteiger partial charge in [0.1, 0.15) is 5.75 Å². The van der Waals surface area contributed by atoms with E-state index in [0.717, 1.165) is 42.1 Å². The van der Waals surface area contributed by atoms with Crippen LogP contribution in [-0.2, 0) is 27.4 Å². The van der Waals surface area contributed by atoms with E-state index < -0.39 is 9.84 Å². The van der Waals surface area contributed by atoms with Crippen molar-refractivity contribution in [3.05, 3.63) is 100 Å². The number of rotatable bonds is 9. The molecule has 0 aromatic heterocycles. The Balaban J connectivity index is 1.26. The number of hydrogen-bond donors (Lipinski definition) is 1. The highest BCUT2D eigenvalue weighted by atomic mass is 35.5. The van der Waals surface area contributed by atoms with Gasteiger partial charge in [-0.3, -0.25) is 0 Å². The van der Waals surface area contributed by atoms with Crippen LogP contribution in [0.2, 0.25) is 5.02 Å². The van der Waals surface area contributed by atoms with E-state index in [1.165, 1.54) is 23.1 Å². The molecule has 3 aromatic rings. The van der Waals surface area contributed by atoms with Crippen LogP contribution in [0, 0.1) is 0 Å². The Hall–Kier alpha value is -2.34. The number of sulfone groups is 1. The first-order valence-electron chi connectivity index (χ1n) is 12.4. The molecule has 2 aliphatic rings. The molecule has 1 heterocycles. The fraction of sp³-hybridized carbons (Fsp3) is 0.379. The Morgan fingerprint density at radius 1 is 1.00 bits per heavy atom. The fourth-order valence-electron chi connectivity index (χ4n) is 5.57. The lowest BCUT2D eigenvalue weighted by Crippen LogP contribution is -2.49. The monoisotopic (exact) mass is 509 g/mol. The maximum Gasteiger partial charge on any atom is 0.154 e. The second kappa shape index (κ2) is 10.3. The topological polar surface area (TPSA) is 55.4 Å². The molecule has 1 aliphatic heterocycles. The number of ether oxygens (including phenoxy) is 1. The largest absolute Gasteiger partial charge is 0.494 e. The summed E-state index contributed by atoms with van der Waals surface area (Å²) in [6.45, 7) is 1.35. The van der Waals surface area contributed by atoms with Crippen molar-refractivity contribution in [2.45, 2.75) is 49.3 Å². The zero-order valence-electron chi connectivity index (χ0n) is 19.9. The van der Waals surface area contributed by atoms with E-state index in [4.69, 9.17) is 16.3 Å². The lowest BCUT2D eigenvalue weighted by molar-refractivity contribution is 0.164. The van der Waals surface area contributed by atoms with Crippen LogP contribution in [0.4, 0.5) is 0 Å². The van der Waals surface area contributed by atoms with E-state index in [-0.39, 0.29) is 23.0 Å². The normalized spacial score (nSPS) is 18.9. The minimum atomic E-state index is -3.16. The van der Waals surface area contributed by atoms with E-state index in [0.29, 0.717) is 13.0 Å². The third kappa shape index (κ3) is 5.42. The maximum atomic E-state index is 12.5. The van der Waals surface area contributed by atoms with Gasteiger partial charge in [-0.1, -0.05) is 66.6 Å². The van der Waals surface area contributed by atoms with Gasteiger partial charge in [0.2, 0.25) is 0 Å². The Morgan fingerprint density at radius 3 is 2.49 bits per heavy atom. The minimum absolute atomic E-state index is 0.0733. The third-order valence-electron chi connectivity index (χ3n) is 7.49. The summed E-state index contributed by atoms with van der Waals surface area (Å²) in [6, 6.07) is 24.3. The van der Waals surface area contributed by atoms with Crippen molar-refractivity contribution in [3.63, 3.8) is 0 Å². The van der Waals surface area contributed by atoms with Crippen LogP contribution >= 0.6 is 11.6 Å². The van der Waals surface area contributed by atoms with Crippen LogP contribution in [0.1, 0.15) is 54.0 Å². The molecule has 0 radical (unpaired) electrons. The highest BCUT2D eigenvalue weighted by Crippen LogP contribution is 2.53. The van der Waals surface area contributed by atoms with Gasteiger partial charge in [0.15, 0.2) is 9.84 Å². The molecule has 1 aliphatic carbocycles. The first kappa shape index (κ1) is 24.4. The summed E-state index contributed by atoms with van der Waals surface area (Å²) in [5, 5.41) is 4.57. The number of fused-ring (bicyclic) bond motifs is 1. The summed E-state index contributed by atoms with van der Waals surface area (Å²) in [6.07, 6.45) is 5.00. The molecule has 1 N–H and O–H groups in total. The van der Waals surface area contributed by atoms with E-state index in [1.54, 1.807) is 0 Å². The molecule has 35 heavy (non-hydrogen) atoms. The number of benzene rings is 3. The van der Waals surface area contributed by atoms with Crippen molar-refractivity contribution >= 4 is 21.4 Å². The Morgan fingerprint density at radius 2 is 1.77 bits per heavy atom. The van der Waals surface area contributed by atoms with Gasteiger partial charge in [0, 0.05) is 16.5 Å². The highest BCUT2D eigenvalue weighted by molar-refractivity contribution is 7.90. The zero-order chi connectivity index (χ0) is 24.3. The van der Waals surface area contributed by atoms with Crippen molar-refractivity contribution in [1.29, 1.82) is 0 Å². The Kier molecular flexibility index (Phi) is 7.19. The van der Waals surface area contributed by atoms with Crippen LogP contribution in [-0.4, -0.2) is 27.3 Å². The second-order valence-corrected chi connectivity index (χ2v) is 12.4. The molecule has 1 unspecified atom stereocenters. The molecular formula is C29H32ClNO3S. The lowest BCUT2D eigenvalue weighted by atomic mass is 9.58. The van der Waals surface area contributed by atoms with E-state index in [2.05, 4.69) is 29.6 Å². The minimum Gasteiger partial charge on any atom is -0.494 e. The predicted molar refractivity (Wildman–Crippen MR) is 142 cm³/mol. The Bertz CT molecular complexity index is 1250. The lowest BCUT2D eigenvalue weighted by Gasteiger charge is -2.50. The molecule has 5 rings (SSSR count). The second-order valence-electron chi connectivity index (χ2n) is 9.79. The summed E-state index contributed by atoms with van der Waals surface area (Å²) in [5.41, 5.74) is 4.91. The third-order valence-corrected chi connectivity index (χ3v) is 9.42. The maximum absolute atomic E-state index is 12.5. The highest BCUT2D eigenvalue weighted by Gasteiger charge is 2.47. The molecule has 1 atom stereocenters. The van der Waals surface area contributed by atoms with Crippen molar-refractivity contribution in [2.75, 3.05) is 18.9 Å².